The molecule has 0 saturated heterocycles. The fraction of sp³-hybridized carbons (Fsp3) is 0.263. The monoisotopic (exact) mass is 359 g/mol. The largest absolute Gasteiger partial charge is 0.497 e. The highest BCUT2D eigenvalue weighted by molar-refractivity contribution is 5.91. The number of anilines is 1. The number of carboxylic acid groups (broad SMARTS) is 1. The first-order valence-corrected chi connectivity index (χ1v) is 7.97. The highest BCUT2D eigenvalue weighted by Crippen LogP contribution is 2.25. The lowest BCUT2D eigenvalue weighted by molar-refractivity contribution is -0.139. The summed E-state index contributed by atoms with van der Waals surface area (Å²) in [6.07, 6.45) is 0.741. The van der Waals surface area contributed by atoms with Crippen LogP contribution < -0.4 is 19.5 Å². The quantitative estimate of drug-likeness (QED) is 0.715. The van der Waals surface area contributed by atoms with Crippen molar-refractivity contribution in [2.45, 2.75) is 12.8 Å². The van der Waals surface area contributed by atoms with E-state index in [1.807, 2.05) is 6.07 Å². The zero-order valence-corrected chi connectivity index (χ0v) is 14.7. The Morgan fingerprint density at radius 2 is 1.85 bits per heavy atom. The number of carbonyl (C=O) groups is 2. The molecule has 1 amide bonds. The van der Waals surface area contributed by atoms with Crippen LogP contribution in [0.5, 0.6) is 17.2 Å². The molecule has 0 atom stereocenters. The molecule has 7 heteroatoms. The molecule has 0 saturated carbocycles. The maximum Gasteiger partial charge on any atom is 0.341 e. The van der Waals surface area contributed by atoms with Gasteiger partial charge in [0.1, 0.15) is 17.2 Å². The van der Waals surface area contributed by atoms with E-state index >= 15 is 0 Å². The fourth-order valence-corrected chi connectivity index (χ4v) is 2.36. The summed E-state index contributed by atoms with van der Waals surface area (Å²) in [5.74, 6) is 0.531. The van der Waals surface area contributed by atoms with Gasteiger partial charge in [0.05, 0.1) is 14.2 Å². The van der Waals surface area contributed by atoms with E-state index in [9.17, 15) is 9.59 Å². The van der Waals surface area contributed by atoms with Crippen molar-refractivity contribution in [3.8, 4) is 17.2 Å². The van der Waals surface area contributed by atoms with E-state index in [-0.39, 0.29) is 12.3 Å². The van der Waals surface area contributed by atoms with E-state index in [0.717, 1.165) is 5.56 Å². The smallest absolute Gasteiger partial charge is 0.341 e. The minimum atomic E-state index is -1.06. The van der Waals surface area contributed by atoms with Gasteiger partial charge in [0.15, 0.2) is 6.61 Å². The Bertz CT molecular complexity index is 774. The van der Waals surface area contributed by atoms with Crippen LogP contribution in [0.25, 0.3) is 0 Å². The molecule has 0 aliphatic carbocycles. The zero-order chi connectivity index (χ0) is 18.9. The van der Waals surface area contributed by atoms with Crippen molar-refractivity contribution in [2.24, 2.45) is 0 Å². The molecular formula is C19H21NO6. The molecule has 0 heterocycles. The van der Waals surface area contributed by atoms with Crippen molar-refractivity contribution in [3.63, 3.8) is 0 Å². The molecule has 0 radical (unpaired) electrons. The molecule has 7 nitrogen and oxygen atoms in total. The summed E-state index contributed by atoms with van der Waals surface area (Å²) >= 11 is 0. The van der Waals surface area contributed by atoms with Crippen molar-refractivity contribution in [1.29, 1.82) is 0 Å². The molecule has 0 aromatic heterocycles. The number of ether oxygens (including phenoxy) is 3. The van der Waals surface area contributed by atoms with Gasteiger partial charge in [-0.1, -0.05) is 6.07 Å². The lowest BCUT2D eigenvalue weighted by Crippen LogP contribution is -2.13. The van der Waals surface area contributed by atoms with Crippen molar-refractivity contribution in [2.75, 3.05) is 26.1 Å². The van der Waals surface area contributed by atoms with Crippen LogP contribution in [0.3, 0.4) is 0 Å². The normalized spacial score (nSPS) is 10.1. The topological polar surface area (TPSA) is 94.1 Å². The van der Waals surface area contributed by atoms with Gasteiger partial charge in [-0.05, 0) is 42.3 Å². The van der Waals surface area contributed by atoms with Crippen LogP contribution in [0.4, 0.5) is 5.69 Å². The number of carbonyl (C=O) groups excluding carboxylic acids is 1. The molecule has 2 aromatic carbocycles. The molecular weight excluding hydrogens is 338 g/mol. The van der Waals surface area contributed by atoms with Gasteiger partial charge >= 0.3 is 5.97 Å². The number of hydrogen-bond acceptors (Lipinski definition) is 5. The molecule has 138 valence electrons. The van der Waals surface area contributed by atoms with Crippen molar-refractivity contribution >= 4 is 17.6 Å². The average Bonchev–Trinajstić information content (AvgIpc) is 2.64. The highest BCUT2D eigenvalue weighted by atomic mass is 16.5. The van der Waals surface area contributed by atoms with Gasteiger partial charge in [-0.15, -0.1) is 0 Å². The van der Waals surface area contributed by atoms with E-state index in [4.69, 9.17) is 19.3 Å². The highest BCUT2D eigenvalue weighted by Gasteiger charge is 2.09. The SMILES string of the molecule is COc1ccc(OC)c(CCC(=O)Nc2cccc(OCC(=O)O)c2)c1. The predicted octanol–water partition coefficient (Wildman–Crippen LogP) is 2.74. The van der Waals surface area contributed by atoms with Gasteiger partial charge in [0, 0.05) is 18.2 Å². The van der Waals surface area contributed by atoms with E-state index in [2.05, 4.69) is 5.32 Å². The summed E-state index contributed by atoms with van der Waals surface area (Å²) in [6.45, 7) is -0.437. The van der Waals surface area contributed by atoms with Gasteiger partial charge in [-0.3, -0.25) is 4.79 Å². The van der Waals surface area contributed by atoms with Gasteiger partial charge in [0.2, 0.25) is 5.91 Å². The first-order valence-electron chi connectivity index (χ1n) is 7.97. The van der Waals surface area contributed by atoms with E-state index < -0.39 is 12.6 Å². The number of nitrogens with one attached hydrogen (secondary N) is 1. The Kier molecular flexibility index (Phi) is 6.84. The maximum atomic E-state index is 12.2. The molecule has 0 spiro atoms. The first kappa shape index (κ1) is 19.1. The maximum absolute atomic E-state index is 12.2. The van der Waals surface area contributed by atoms with Gasteiger partial charge in [0.25, 0.3) is 0 Å². The molecule has 2 aromatic rings. The number of benzene rings is 2. The third kappa shape index (κ3) is 5.70. The van der Waals surface area contributed by atoms with Crippen LogP contribution in [-0.2, 0) is 16.0 Å². The zero-order valence-electron chi connectivity index (χ0n) is 14.7. The van der Waals surface area contributed by atoms with E-state index in [0.29, 0.717) is 29.4 Å². The van der Waals surface area contributed by atoms with E-state index in [1.165, 1.54) is 0 Å². The van der Waals surface area contributed by atoms with Crippen LogP contribution in [-0.4, -0.2) is 37.8 Å². The average molecular weight is 359 g/mol. The lowest BCUT2D eigenvalue weighted by Gasteiger charge is -2.11. The van der Waals surface area contributed by atoms with Crippen molar-refractivity contribution < 1.29 is 28.9 Å². The standard InChI is InChI=1S/C19H21NO6/c1-24-15-7-8-17(25-2)13(10-15)6-9-18(21)20-14-4-3-5-16(11-14)26-12-19(22)23/h3-5,7-8,10-11H,6,9,12H2,1-2H3,(H,20,21)(H,22,23). The molecule has 0 aliphatic rings. The molecule has 26 heavy (non-hydrogen) atoms. The third-order valence-corrected chi connectivity index (χ3v) is 3.59. The summed E-state index contributed by atoms with van der Waals surface area (Å²) in [5, 5.41) is 11.4. The number of aliphatic carboxylic acids is 1. The number of aryl methyl sites for hydroxylation is 1. The van der Waals surface area contributed by atoms with Crippen LogP contribution >= 0.6 is 0 Å². The lowest BCUT2D eigenvalue weighted by atomic mass is 10.1. The summed E-state index contributed by atoms with van der Waals surface area (Å²) in [5.41, 5.74) is 1.41. The van der Waals surface area contributed by atoms with Crippen molar-refractivity contribution in [3.05, 3.63) is 48.0 Å². The molecule has 0 bridgehead atoms. The van der Waals surface area contributed by atoms with Crippen LogP contribution in [0.2, 0.25) is 0 Å². The number of rotatable bonds is 9. The second kappa shape index (κ2) is 9.31. The number of hydrogen-bond donors (Lipinski definition) is 2. The van der Waals surface area contributed by atoms with Gasteiger partial charge in [-0.25, -0.2) is 4.79 Å². The summed E-state index contributed by atoms with van der Waals surface area (Å²) < 4.78 is 15.6. The number of methoxy groups -OCH3 is 2. The first-order chi connectivity index (χ1) is 12.5. The summed E-state index contributed by atoms with van der Waals surface area (Å²) in [4.78, 5) is 22.7. The summed E-state index contributed by atoms with van der Waals surface area (Å²) in [6, 6.07) is 12.0. The van der Waals surface area contributed by atoms with Gasteiger partial charge < -0.3 is 24.6 Å². The van der Waals surface area contributed by atoms with E-state index in [1.54, 1.807) is 50.6 Å². The van der Waals surface area contributed by atoms with Crippen LogP contribution in [0.15, 0.2) is 42.5 Å². The molecule has 0 fully saturated rings. The van der Waals surface area contributed by atoms with Crippen LogP contribution in [0, 0.1) is 0 Å². The second-order valence-corrected chi connectivity index (χ2v) is 5.44. The Hall–Kier alpha value is -3.22. The third-order valence-electron chi connectivity index (χ3n) is 3.59. The number of carboxylic acids is 1. The Morgan fingerprint density at radius 1 is 1.04 bits per heavy atom. The second-order valence-electron chi connectivity index (χ2n) is 5.44. The molecule has 0 aliphatic heterocycles. The predicted molar refractivity (Wildman–Crippen MR) is 96.1 cm³/mol. The Balaban J connectivity index is 1.95. The molecule has 2 rings (SSSR count). The van der Waals surface area contributed by atoms with Gasteiger partial charge in [-0.2, -0.15) is 0 Å². The van der Waals surface area contributed by atoms with Crippen molar-refractivity contribution in [1.82, 2.24) is 0 Å². The Labute approximate surface area is 151 Å². The summed E-state index contributed by atoms with van der Waals surface area (Å²) in [7, 11) is 3.16. The minimum absolute atomic E-state index is 0.176. The molecule has 0 unspecified atom stereocenters. The fourth-order valence-electron chi connectivity index (χ4n) is 2.36. The minimum Gasteiger partial charge on any atom is -0.497 e. The number of amides is 1. The molecule has 2 N–H and O–H groups in total. The van der Waals surface area contributed by atoms with Crippen LogP contribution in [0.1, 0.15) is 12.0 Å². The Morgan fingerprint density at radius 3 is 2.54 bits per heavy atom.